The molecule has 0 aliphatic carbocycles. The molecule has 2 amide bonds. The van der Waals surface area contributed by atoms with Crippen LogP contribution in [0.1, 0.15) is 5.56 Å². The number of methoxy groups -OCH3 is 1. The fourth-order valence-corrected chi connectivity index (χ4v) is 3.57. The van der Waals surface area contributed by atoms with Crippen LogP contribution in [0.15, 0.2) is 54.2 Å². The first kappa shape index (κ1) is 18.5. The van der Waals surface area contributed by atoms with Crippen molar-refractivity contribution in [2.75, 3.05) is 38.3 Å². The van der Waals surface area contributed by atoms with Gasteiger partial charge in [-0.15, -0.1) is 0 Å². The molecule has 2 aliphatic rings. The fraction of sp³-hybridized carbons (Fsp3) is 0.238. The normalized spacial score (nSPS) is 17.5. The molecule has 28 heavy (non-hydrogen) atoms. The Morgan fingerprint density at radius 2 is 1.57 bits per heavy atom. The van der Waals surface area contributed by atoms with Gasteiger partial charge < -0.3 is 14.4 Å². The van der Waals surface area contributed by atoms with Gasteiger partial charge in [0.1, 0.15) is 11.4 Å². The predicted octanol–water partition coefficient (Wildman–Crippen LogP) is 2.97. The zero-order valence-electron chi connectivity index (χ0n) is 15.4. The van der Waals surface area contributed by atoms with E-state index in [-0.39, 0.29) is 11.8 Å². The lowest BCUT2D eigenvalue weighted by atomic mass is 10.0. The van der Waals surface area contributed by atoms with Crippen molar-refractivity contribution in [3.05, 3.63) is 64.8 Å². The van der Waals surface area contributed by atoms with Crippen molar-refractivity contribution in [1.82, 2.24) is 4.90 Å². The molecule has 2 heterocycles. The number of halogens is 1. The molecule has 6 nitrogen and oxygen atoms in total. The highest BCUT2D eigenvalue weighted by molar-refractivity contribution is 6.45. The summed E-state index contributed by atoms with van der Waals surface area (Å²) in [5, 5.41) is 0.541. The number of carbonyl (C=O) groups excluding carboxylic acids is 2. The van der Waals surface area contributed by atoms with E-state index in [2.05, 4.69) is 0 Å². The van der Waals surface area contributed by atoms with E-state index in [9.17, 15) is 9.59 Å². The summed E-state index contributed by atoms with van der Waals surface area (Å²) in [4.78, 5) is 29.8. The van der Waals surface area contributed by atoms with E-state index in [0.717, 1.165) is 0 Å². The van der Waals surface area contributed by atoms with Gasteiger partial charge in [-0.25, -0.2) is 4.90 Å². The largest absolute Gasteiger partial charge is 0.497 e. The van der Waals surface area contributed by atoms with Crippen LogP contribution in [-0.4, -0.2) is 50.1 Å². The number of ether oxygens (including phenoxy) is 2. The molecule has 7 heteroatoms. The first-order valence-electron chi connectivity index (χ1n) is 8.96. The van der Waals surface area contributed by atoms with Gasteiger partial charge in [0.15, 0.2) is 0 Å². The summed E-state index contributed by atoms with van der Waals surface area (Å²) in [6.07, 6.45) is 0. The minimum Gasteiger partial charge on any atom is -0.497 e. The van der Waals surface area contributed by atoms with Crippen LogP contribution in [0.25, 0.3) is 5.57 Å². The van der Waals surface area contributed by atoms with E-state index in [1.54, 1.807) is 55.6 Å². The molecule has 0 saturated carbocycles. The lowest BCUT2D eigenvalue weighted by Crippen LogP contribution is -2.40. The molecular weight excluding hydrogens is 380 g/mol. The zero-order chi connectivity index (χ0) is 19.7. The highest BCUT2D eigenvalue weighted by atomic mass is 35.5. The maximum Gasteiger partial charge on any atom is 0.282 e. The molecule has 0 N–H and O–H groups in total. The van der Waals surface area contributed by atoms with Crippen molar-refractivity contribution in [3.63, 3.8) is 0 Å². The van der Waals surface area contributed by atoms with E-state index in [1.807, 2.05) is 4.90 Å². The van der Waals surface area contributed by atoms with Gasteiger partial charge in [0.25, 0.3) is 11.8 Å². The topological polar surface area (TPSA) is 59.1 Å². The second-order valence-electron chi connectivity index (χ2n) is 6.47. The molecule has 4 rings (SSSR count). The fourth-order valence-electron chi connectivity index (χ4n) is 3.44. The Labute approximate surface area is 167 Å². The number of amides is 2. The maximum atomic E-state index is 13.3. The summed E-state index contributed by atoms with van der Waals surface area (Å²) < 4.78 is 10.6. The van der Waals surface area contributed by atoms with E-state index in [4.69, 9.17) is 21.1 Å². The Kier molecular flexibility index (Phi) is 5.07. The van der Waals surface area contributed by atoms with E-state index >= 15 is 0 Å². The quantitative estimate of drug-likeness (QED) is 0.741. The highest BCUT2D eigenvalue weighted by Gasteiger charge is 2.42. The number of hydrogen-bond acceptors (Lipinski definition) is 5. The Balaban J connectivity index is 1.80. The average molecular weight is 399 g/mol. The molecule has 2 aromatic rings. The minimum atomic E-state index is -0.348. The maximum absolute atomic E-state index is 13.3. The zero-order valence-corrected chi connectivity index (χ0v) is 16.1. The molecule has 0 spiro atoms. The molecule has 0 aromatic heterocycles. The number of morpholine rings is 1. The van der Waals surface area contributed by atoms with Gasteiger partial charge in [-0.2, -0.15) is 0 Å². The van der Waals surface area contributed by atoms with Crippen LogP contribution in [0.5, 0.6) is 5.75 Å². The molecule has 0 atom stereocenters. The van der Waals surface area contributed by atoms with E-state index in [1.165, 1.54) is 4.90 Å². The Hall–Kier alpha value is -2.83. The summed E-state index contributed by atoms with van der Waals surface area (Å²) in [6.45, 7) is 2.15. The second kappa shape index (κ2) is 7.66. The Morgan fingerprint density at radius 3 is 2.18 bits per heavy atom. The van der Waals surface area contributed by atoms with Crippen molar-refractivity contribution < 1.29 is 19.1 Å². The number of carbonyl (C=O) groups is 2. The Bertz CT molecular complexity index is 932. The molecule has 0 bridgehead atoms. The van der Waals surface area contributed by atoms with Gasteiger partial charge >= 0.3 is 0 Å². The lowest BCUT2D eigenvalue weighted by Gasteiger charge is -2.29. The second-order valence-corrected chi connectivity index (χ2v) is 6.91. The van der Waals surface area contributed by atoms with Crippen molar-refractivity contribution >= 4 is 34.7 Å². The third-order valence-corrected chi connectivity index (χ3v) is 5.10. The van der Waals surface area contributed by atoms with Gasteiger partial charge in [-0.3, -0.25) is 9.59 Å². The highest BCUT2D eigenvalue weighted by Crippen LogP contribution is 2.35. The summed E-state index contributed by atoms with van der Waals surface area (Å²) in [5.41, 5.74) is 1.98. The number of rotatable bonds is 4. The number of hydrogen-bond donors (Lipinski definition) is 0. The average Bonchev–Trinajstić information content (AvgIpc) is 2.99. The van der Waals surface area contributed by atoms with Crippen molar-refractivity contribution in [3.8, 4) is 5.75 Å². The third kappa shape index (κ3) is 3.25. The number of anilines is 1. The molecule has 144 valence electrons. The third-order valence-electron chi connectivity index (χ3n) is 4.85. The van der Waals surface area contributed by atoms with Gasteiger partial charge in [0, 0.05) is 18.1 Å². The molecule has 2 aliphatic heterocycles. The van der Waals surface area contributed by atoms with E-state index in [0.29, 0.717) is 59.6 Å². The smallest absolute Gasteiger partial charge is 0.282 e. The molecule has 1 fully saturated rings. The first-order chi connectivity index (χ1) is 13.6. The monoisotopic (exact) mass is 398 g/mol. The number of benzene rings is 2. The Morgan fingerprint density at radius 1 is 0.929 bits per heavy atom. The molecule has 1 saturated heterocycles. The number of nitrogens with zero attached hydrogens (tertiary/aromatic N) is 2. The standard InChI is InChI=1S/C21H19ClN2O4/c1-27-17-8-2-14(3-9-17)18-19(23-10-12-28-13-11-23)21(26)24(20(18)25)16-6-4-15(22)5-7-16/h2-9H,10-13H2,1H3. The predicted molar refractivity (Wildman–Crippen MR) is 106 cm³/mol. The number of imide groups is 1. The molecular formula is C21H19ClN2O4. The van der Waals surface area contributed by atoms with Crippen LogP contribution < -0.4 is 9.64 Å². The van der Waals surface area contributed by atoms with Crippen molar-refractivity contribution in [1.29, 1.82) is 0 Å². The first-order valence-corrected chi connectivity index (χ1v) is 9.33. The van der Waals surface area contributed by atoms with Gasteiger partial charge in [0.05, 0.1) is 31.6 Å². The van der Waals surface area contributed by atoms with Gasteiger partial charge in [-0.1, -0.05) is 23.7 Å². The lowest BCUT2D eigenvalue weighted by molar-refractivity contribution is -0.121. The van der Waals surface area contributed by atoms with Crippen molar-refractivity contribution in [2.24, 2.45) is 0 Å². The van der Waals surface area contributed by atoms with E-state index < -0.39 is 0 Å². The summed E-state index contributed by atoms with van der Waals surface area (Å²) in [5.74, 6) is 0.00243. The minimum absolute atomic E-state index is 0.333. The summed E-state index contributed by atoms with van der Waals surface area (Å²) in [7, 11) is 1.58. The van der Waals surface area contributed by atoms with Crippen LogP contribution in [0.3, 0.4) is 0 Å². The van der Waals surface area contributed by atoms with Crippen LogP contribution in [0.4, 0.5) is 5.69 Å². The van der Waals surface area contributed by atoms with Crippen LogP contribution in [0, 0.1) is 0 Å². The van der Waals surface area contributed by atoms with Gasteiger partial charge in [0.2, 0.25) is 0 Å². The summed E-state index contributed by atoms with van der Waals surface area (Å²) >= 11 is 5.96. The molecule has 2 aromatic carbocycles. The summed E-state index contributed by atoms with van der Waals surface area (Å²) in [6, 6.07) is 13.8. The van der Waals surface area contributed by atoms with Gasteiger partial charge in [-0.05, 0) is 42.0 Å². The SMILES string of the molecule is COc1ccc(C2=C(N3CCOCC3)C(=O)N(c3ccc(Cl)cc3)C2=O)cc1. The molecule has 0 unspecified atom stereocenters. The van der Waals surface area contributed by atoms with Crippen LogP contribution in [-0.2, 0) is 14.3 Å². The van der Waals surface area contributed by atoms with Crippen LogP contribution >= 0.6 is 11.6 Å². The molecule has 0 radical (unpaired) electrons. The van der Waals surface area contributed by atoms with Crippen LogP contribution in [0.2, 0.25) is 5.02 Å². The van der Waals surface area contributed by atoms with Crippen molar-refractivity contribution in [2.45, 2.75) is 0 Å².